The van der Waals surface area contributed by atoms with E-state index in [4.69, 9.17) is 9.47 Å². The third kappa shape index (κ3) is 3.37. The summed E-state index contributed by atoms with van der Waals surface area (Å²) >= 11 is 0. The van der Waals surface area contributed by atoms with Crippen LogP contribution < -0.4 is 9.64 Å². The van der Waals surface area contributed by atoms with Gasteiger partial charge in [-0.15, -0.1) is 0 Å². The molecule has 2 amide bonds. The van der Waals surface area contributed by atoms with Crippen molar-refractivity contribution in [1.29, 1.82) is 0 Å². The lowest BCUT2D eigenvalue weighted by Crippen LogP contribution is -2.40. The molecule has 0 N–H and O–H groups in total. The number of anilines is 1. The second kappa shape index (κ2) is 7.95. The Bertz CT molecular complexity index is 1050. The van der Waals surface area contributed by atoms with Crippen molar-refractivity contribution in [2.45, 2.75) is 20.8 Å². The van der Waals surface area contributed by atoms with Crippen LogP contribution in [0.4, 0.5) is 5.69 Å². The molecule has 1 saturated heterocycles. The second-order valence-electron chi connectivity index (χ2n) is 7.76. The van der Waals surface area contributed by atoms with E-state index < -0.39 is 0 Å². The molecule has 156 valence electrons. The fourth-order valence-electron chi connectivity index (χ4n) is 4.13. The Morgan fingerprint density at radius 2 is 1.57 bits per heavy atom. The van der Waals surface area contributed by atoms with E-state index in [1.54, 1.807) is 13.2 Å². The molecule has 1 fully saturated rings. The first-order valence-electron chi connectivity index (χ1n) is 10.1. The summed E-state index contributed by atoms with van der Waals surface area (Å²) in [4.78, 5) is 30.6. The van der Waals surface area contributed by atoms with Crippen LogP contribution >= 0.6 is 0 Å². The number of hydrogen-bond acceptors (Lipinski definition) is 5. The van der Waals surface area contributed by atoms with Crippen LogP contribution in [0.2, 0.25) is 0 Å². The number of hydrogen-bond donors (Lipinski definition) is 0. The van der Waals surface area contributed by atoms with Gasteiger partial charge in [0.1, 0.15) is 11.4 Å². The highest BCUT2D eigenvalue weighted by Gasteiger charge is 2.44. The van der Waals surface area contributed by atoms with Gasteiger partial charge in [-0.1, -0.05) is 29.8 Å². The summed E-state index contributed by atoms with van der Waals surface area (Å²) < 4.78 is 10.9. The van der Waals surface area contributed by atoms with Gasteiger partial charge in [-0.25, -0.2) is 4.90 Å². The first-order valence-corrected chi connectivity index (χ1v) is 10.1. The fraction of sp³-hybridized carbons (Fsp3) is 0.333. The Morgan fingerprint density at radius 3 is 2.23 bits per heavy atom. The van der Waals surface area contributed by atoms with Crippen LogP contribution in [0, 0.1) is 20.8 Å². The Hall–Kier alpha value is -3.12. The van der Waals surface area contributed by atoms with E-state index in [2.05, 4.69) is 0 Å². The van der Waals surface area contributed by atoms with Crippen molar-refractivity contribution in [3.8, 4) is 5.75 Å². The van der Waals surface area contributed by atoms with Crippen LogP contribution in [0.3, 0.4) is 0 Å². The molecule has 0 bridgehead atoms. The zero-order valence-electron chi connectivity index (χ0n) is 17.8. The molecule has 6 heteroatoms. The van der Waals surface area contributed by atoms with Crippen LogP contribution in [0.25, 0.3) is 5.57 Å². The Labute approximate surface area is 176 Å². The van der Waals surface area contributed by atoms with Gasteiger partial charge in [0, 0.05) is 13.1 Å². The molecule has 0 atom stereocenters. The Kier molecular flexibility index (Phi) is 5.35. The standard InChI is InChI=1S/C24H26N2O4/c1-15-5-7-18(17(3)13-15)21-22(25-9-11-30-12-10-25)24(28)26(23(21)27)19-14-16(2)6-8-20(19)29-4/h5-8,13-14H,9-12H2,1-4H3. The normalized spacial score (nSPS) is 17.2. The maximum absolute atomic E-state index is 13.7. The zero-order chi connectivity index (χ0) is 21.4. The third-order valence-corrected chi connectivity index (χ3v) is 5.61. The lowest BCUT2D eigenvalue weighted by molar-refractivity contribution is -0.121. The molecule has 0 spiro atoms. The molecule has 2 aliphatic heterocycles. The number of amides is 2. The lowest BCUT2D eigenvalue weighted by atomic mass is 9.97. The maximum Gasteiger partial charge on any atom is 0.282 e. The molecule has 0 saturated carbocycles. The van der Waals surface area contributed by atoms with Crippen LogP contribution in [-0.2, 0) is 14.3 Å². The number of nitrogens with zero attached hydrogens (tertiary/aromatic N) is 2. The van der Waals surface area contributed by atoms with Crippen molar-refractivity contribution in [2.24, 2.45) is 0 Å². The number of carbonyl (C=O) groups is 2. The summed E-state index contributed by atoms with van der Waals surface area (Å²) in [7, 11) is 1.54. The average Bonchev–Trinajstić information content (AvgIpc) is 2.98. The minimum atomic E-state index is -0.322. The largest absolute Gasteiger partial charge is 0.495 e. The average molecular weight is 406 g/mol. The van der Waals surface area contributed by atoms with Crippen molar-refractivity contribution >= 4 is 23.1 Å². The third-order valence-electron chi connectivity index (χ3n) is 5.61. The van der Waals surface area contributed by atoms with Crippen LogP contribution in [0.5, 0.6) is 5.75 Å². The summed E-state index contributed by atoms with van der Waals surface area (Å²) in [6.07, 6.45) is 0. The molecule has 2 aromatic rings. The first-order chi connectivity index (χ1) is 14.4. The van der Waals surface area contributed by atoms with Crippen LogP contribution in [0.15, 0.2) is 42.1 Å². The van der Waals surface area contributed by atoms with Crippen molar-refractivity contribution < 1.29 is 19.1 Å². The molecule has 2 heterocycles. The molecule has 30 heavy (non-hydrogen) atoms. The van der Waals surface area contributed by atoms with Gasteiger partial charge in [0.25, 0.3) is 11.8 Å². The molecule has 4 rings (SSSR count). The Morgan fingerprint density at radius 1 is 0.900 bits per heavy atom. The highest BCUT2D eigenvalue weighted by Crippen LogP contribution is 2.40. The quantitative estimate of drug-likeness (QED) is 0.730. The summed E-state index contributed by atoms with van der Waals surface area (Å²) in [5.74, 6) is -0.149. The number of aryl methyl sites for hydroxylation is 3. The minimum absolute atomic E-state index is 0.319. The van der Waals surface area contributed by atoms with Gasteiger partial charge in [0.2, 0.25) is 0 Å². The Balaban J connectivity index is 1.89. The summed E-state index contributed by atoms with van der Waals surface area (Å²) in [6, 6.07) is 11.4. The van der Waals surface area contributed by atoms with Crippen molar-refractivity contribution in [3.63, 3.8) is 0 Å². The van der Waals surface area contributed by atoms with Gasteiger partial charge < -0.3 is 14.4 Å². The molecular weight excluding hydrogens is 380 g/mol. The van der Waals surface area contributed by atoms with Crippen LogP contribution in [-0.4, -0.2) is 50.1 Å². The van der Waals surface area contributed by atoms with Gasteiger partial charge in [-0.3, -0.25) is 9.59 Å². The van der Waals surface area contributed by atoms with Gasteiger partial charge in [-0.2, -0.15) is 0 Å². The van der Waals surface area contributed by atoms with E-state index in [0.29, 0.717) is 49.0 Å². The van der Waals surface area contributed by atoms with E-state index in [9.17, 15) is 9.59 Å². The number of methoxy groups -OCH3 is 1. The summed E-state index contributed by atoms with van der Waals surface area (Å²) in [5.41, 5.74) is 5.17. The maximum atomic E-state index is 13.7. The number of morpholine rings is 1. The monoisotopic (exact) mass is 406 g/mol. The molecule has 0 radical (unpaired) electrons. The molecule has 0 aromatic heterocycles. The fourth-order valence-corrected chi connectivity index (χ4v) is 4.13. The van der Waals surface area contributed by atoms with Crippen molar-refractivity contribution in [2.75, 3.05) is 38.3 Å². The lowest BCUT2D eigenvalue weighted by Gasteiger charge is -2.30. The number of imide groups is 1. The predicted octanol–water partition coefficient (Wildman–Crippen LogP) is 3.24. The van der Waals surface area contributed by atoms with Gasteiger partial charge in [0.15, 0.2) is 0 Å². The first kappa shape index (κ1) is 20.2. The van der Waals surface area contributed by atoms with E-state index >= 15 is 0 Å². The molecule has 0 aliphatic carbocycles. The molecule has 2 aliphatic rings. The van der Waals surface area contributed by atoms with E-state index in [1.165, 1.54) is 4.90 Å². The number of carbonyl (C=O) groups excluding carboxylic acids is 2. The second-order valence-corrected chi connectivity index (χ2v) is 7.76. The van der Waals surface area contributed by atoms with Crippen LogP contribution in [0.1, 0.15) is 22.3 Å². The van der Waals surface area contributed by atoms with Gasteiger partial charge >= 0.3 is 0 Å². The minimum Gasteiger partial charge on any atom is -0.495 e. The molecule has 2 aromatic carbocycles. The topological polar surface area (TPSA) is 59.1 Å². The van der Waals surface area contributed by atoms with E-state index in [-0.39, 0.29) is 11.8 Å². The SMILES string of the molecule is COc1ccc(C)cc1N1C(=O)C(c2ccc(C)cc2C)=C(N2CCOCC2)C1=O. The smallest absolute Gasteiger partial charge is 0.282 e. The van der Waals surface area contributed by atoms with Gasteiger partial charge in [0.05, 0.1) is 31.6 Å². The molecular formula is C24H26N2O4. The highest BCUT2D eigenvalue weighted by atomic mass is 16.5. The summed E-state index contributed by atoms with van der Waals surface area (Å²) in [5, 5.41) is 0. The predicted molar refractivity (Wildman–Crippen MR) is 115 cm³/mol. The number of benzene rings is 2. The van der Waals surface area contributed by atoms with E-state index in [0.717, 1.165) is 22.3 Å². The van der Waals surface area contributed by atoms with Crippen molar-refractivity contribution in [3.05, 3.63) is 64.3 Å². The summed E-state index contributed by atoms with van der Waals surface area (Å²) in [6.45, 7) is 8.11. The molecule has 6 nitrogen and oxygen atoms in total. The number of ether oxygens (including phenoxy) is 2. The zero-order valence-corrected chi connectivity index (χ0v) is 17.8. The van der Waals surface area contributed by atoms with Crippen molar-refractivity contribution in [1.82, 2.24) is 4.90 Å². The van der Waals surface area contributed by atoms with Gasteiger partial charge in [-0.05, 0) is 49.6 Å². The highest BCUT2D eigenvalue weighted by molar-refractivity contribution is 6.45. The number of rotatable bonds is 4. The van der Waals surface area contributed by atoms with E-state index in [1.807, 2.05) is 56.0 Å². The molecule has 0 unspecified atom stereocenters.